The lowest BCUT2D eigenvalue weighted by atomic mass is 9.99. The zero-order valence-corrected chi connectivity index (χ0v) is 15.7. The number of benzene rings is 2. The zero-order chi connectivity index (χ0) is 18.9. The number of azo groups is 1. The van der Waals surface area contributed by atoms with Gasteiger partial charge in [0.05, 0.1) is 16.3 Å². The Morgan fingerprint density at radius 1 is 0.880 bits per heavy atom. The molecule has 134 valence electrons. The predicted molar refractivity (Wildman–Crippen MR) is 96.8 cm³/mol. The van der Waals surface area contributed by atoms with Crippen LogP contribution in [0.4, 0.5) is 11.4 Å². The van der Waals surface area contributed by atoms with Gasteiger partial charge in [0.25, 0.3) is 10.1 Å². The maximum Gasteiger partial charge on any atom is 0.295 e. The van der Waals surface area contributed by atoms with E-state index < -0.39 is 10.1 Å². The first-order valence-corrected chi connectivity index (χ1v) is 9.28. The molecule has 0 unspecified atom stereocenters. The van der Waals surface area contributed by atoms with E-state index in [-0.39, 0.29) is 16.6 Å². The topological polar surface area (TPSA) is 99.3 Å². The molecular weight excluding hydrogens is 340 g/mol. The van der Waals surface area contributed by atoms with Crippen LogP contribution in [0.3, 0.4) is 0 Å². The number of phenolic OH excluding ortho intramolecular Hbond substituents is 1. The number of hydrogen-bond donors (Lipinski definition) is 2. The Morgan fingerprint density at radius 2 is 1.32 bits per heavy atom. The summed E-state index contributed by atoms with van der Waals surface area (Å²) >= 11 is 0. The Hall–Kier alpha value is -2.25. The molecule has 25 heavy (non-hydrogen) atoms. The molecule has 0 aromatic heterocycles. The molecule has 2 aromatic rings. The van der Waals surface area contributed by atoms with E-state index >= 15 is 0 Å². The van der Waals surface area contributed by atoms with E-state index in [9.17, 15) is 18.1 Å². The first-order valence-electron chi connectivity index (χ1n) is 7.84. The van der Waals surface area contributed by atoms with Crippen LogP contribution in [0.15, 0.2) is 39.4 Å². The second-order valence-electron chi connectivity index (χ2n) is 6.44. The van der Waals surface area contributed by atoms with Crippen molar-refractivity contribution in [2.75, 3.05) is 0 Å². The van der Waals surface area contributed by atoms with E-state index in [1.54, 1.807) is 45.0 Å². The fourth-order valence-corrected chi connectivity index (χ4v) is 3.72. The standard InChI is InChI=1S/C18H22N2O4S/c1-10(2)16-9-15(6-11(3)17(16)21)20-19-14-7-12(4)18(13(5)8-14)25(22,23)24/h6-10,21H,1-5H3,(H,22,23,24). The van der Waals surface area contributed by atoms with Gasteiger partial charge in [-0.2, -0.15) is 18.6 Å². The quantitative estimate of drug-likeness (QED) is 0.583. The van der Waals surface area contributed by atoms with Gasteiger partial charge in [-0.05, 0) is 73.2 Å². The third-order valence-electron chi connectivity index (χ3n) is 3.92. The summed E-state index contributed by atoms with van der Waals surface area (Å²) in [5, 5.41) is 18.5. The lowest BCUT2D eigenvalue weighted by Crippen LogP contribution is -2.03. The average molecular weight is 362 g/mol. The second kappa shape index (κ2) is 6.93. The van der Waals surface area contributed by atoms with Gasteiger partial charge in [-0.25, -0.2) is 0 Å². The molecule has 0 aliphatic heterocycles. The summed E-state index contributed by atoms with van der Waals surface area (Å²) in [5.74, 6) is 0.408. The van der Waals surface area contributed by atoms with Crippen LogP contribution in [0.1, 0.15) is 42.0 Å². The molecule has 0 radical (unpaired) electrons. The Kier molecular flexibility index (Phi) is 5.29. The van der Waals surface area contributed by atoms with E-state index in [4.69, 9.17) is 0 Å². The monoisotopic (exact) mass is 362 g/mol. The molecule has 0 aliphatic rings. The van der Waals surface area contributed by atoms with Gasteiger partial charge in [0.1, 0.15) is 5.75 Å². The van der Waals surface area contributed by atoms with Crippen LogP contribution in [0.5, 0.6) is 5.75 Å². The summed E-state index contributed by atoms with van der Waals surface area (Å²) in [6, 6.07) is 6.62. The molecule has 0 bridgehead atoms. The summed E-state index contributed by atoms with van der Waals surface area (Å²) in [5.41, 5.74) is 3.41. The SMILES string of the molecule is Cc1cc(N=Nc2cc(C)c(S(=O)(=O)O)c(C)c2)cc(C(C)C)c1O. The van der Waals surface area contributed by atoms with Gasteiger partial charge in [0.15, 0.2) is 0 Å². The summed E-state index contributed by atoms with van der Waals surface area (Å²) in [6.07, 6.45) is 0. The van der Waals surface area contributed by atoms with Crippen LogP contribution in [-0.4, -0.2) is 18.1 Å². The van der Waals surface area contributed by atoms with Crippen molar-refractivity contribution in [3.63, 3.8) is 0 Å². The van der Waals surface area contributed by atoms with Crippen LogP contribution < -0.4 is 0 Å². The number of aryl methyl sites for hydroxylation is 3. The fourth-order valence-electron chi connectivity index (χ4n) is 2.79. The van der Waals surface area contributed by atoms with Crippen LogP contribution in [0, 0.1) is 20.8 Å². The number of nitrogens with zero attached hydrogens (tertiary/aromatic N) is 2. The van der Waals surface area contributed by atoms with Crippen LogP contribution in [0.2, 0.25) is 0 Å². The van der Waals surface area contributed by atoms with Gasteiger partial charge in [-0.1, -0.05) is 13.8 Å². The van der Waals surface area contributed by atoms with E-state index in [1.165, 1.54) is 0 Å². The minimum atomic E-state index is -4.27. The highest BCUT2D eigenvalue weighted by atomic mass is 32.2. The van der Waals surface area contributed by atoms with Crippen molar-refractivity contribution in [3.05, 3.63) is 46.5 Å². The van der Waals surface area contributed by atoms with Crippen molar-refractivity contribution in [1.29, 1.82) is 0 Å². The number of phenols is 1. The first-order chi connectivity index (χ1) is 11.5. The van der Waals surface area contributed by atoms with E-state index in [0.29, 0.717) is 28.1 Å². The molecular formula is C18H22N2O4S. The van der Waals surface area contributed by atoms with Gasteiger partial charge >= 0.3 is 0 Å². The largest absolute Gasteiger partial charge is 0.507 e. The predicted octanol–water partition coefficient (Wildman–Crippen LogP) is 5.10. The van der Waals surface area contributed by atoms with Crippen LogP contribution in [0.25, 0.3) is 0 Å². The molecule has 0 aliphatic carbocycles. The molecule has 6 nitrogen and oxygen atoms in total. The van der Waals surface area contributed by atoms with Crippen molar-refractivity contribution >= 4 is 21.5 Å². The minimum Gasteiger partial charge on any atom is -0.507 e. The summed E-state index contributed by atoms with van der Waals surface area (Å²) in [7, 11) is -4.27. The molecule has 7 heteroatoms. The minimum absolute atomic E-state index is 0.103. The van der Waals surface area contributed by atoms with Crippen molar-refractivity contribution in [1.82, 2.24) is 0 Å². The molecule has 2 aromatic carbocycles. The van der Waals surface area contributed by atoms with E-state index in [2.05, 4.69) is 10.2 Å². The van der Waals surface area contributed by atoms with Crippen molar-refractivity contribution in [3.8, 4) is 5.75 Å². The summed E-state index contributed by atoms with van der Waals surface area (Å²) in [6.45, 7) is 8.95. The van der Waals surface area contributed by atoms with E-state index in [1.807, 2.05) is 13.8 Å². The smallest absolute Gasteiger partial charge is 0.295 e. The first kappa shape index (κ1) is 19.1. The zero-order valence-electron chi connectivity index (χ0n) is 14.9. The highest BCUT2D eigenvalue weighted by molar-refractivity contribution is 7.86. The summed E-state index contributed by atoms with van der Waals surface area (Å²) in [4.78, 5) is -0.103. The van der Waals surface area contributed by atoms with Crippen LogP contribution in [-0.2, 0) is 10.1 Å². The molecule has 0 heterocycles. The number of aromatic hydroxyl groups is 1. The van der Waals surface area contributed by atoms with Gasteiger partial charge in [-0.3, -0.25) is 4.55 Å². The van der Waals surface area contributed by atoms with Crippen molar-refractivity contribution in [2.24, 2.45) is 10.2 Å². The molecule has 0 spiro atoms. The molecule has 0 amide bonds. The summed E-state index contributed by atoms with van der Waals surface area (Å²) < 4.78 is 32.1. The number of hydrogen-bond acceptors (Lipinski definition) is 5. The van der Waals surface area contributed by atoms with Crippen molar-refractivity contribution < 1.29 is 18.1 Å². The highest BCUT2D eigenvalue weighted by Gasteiger charge is 2.17. The molecule has 0 saturated heterocycles. The van der Waals surface area contributed by atoms with Gasteiger partial charge in [-0.15, -0.1) is 0 Å². The average Bonchev–Trinajstić information content (AvgIpc) is 2.45. The molecule has 2 rings (SSSR count). The lowest BCUT2D eigenvalue weighted by molar-refractivity contribution is 0.460. The second-order valence-corrected chi connectivity index (χ2v) is 7.80. The molecule has 0 fully saturated rings. The van der Waals surface area contributed by atoms with Gasteiger partial charge < -0.3 is 5.11 Å². The van der Waals surface area contributed by atoms with Gasteiger partial charge in [0.2, 0.25) is 0 Å². The Balaban J connectivity index is 2.44. The Bertz CT molecular complexity index is 925. The number of rotatable bonds is 4. The Labute approximate surface area is 148 Å². The molecule has 2 N–H and O–H groups in total. The third-order valence-corrected chi connectivity index (χ3v) is 5.08. The van der Waals surface area contributed by atoms with E-state index in [0.717, 1.165) is 5.56 Å². The Morgan fingerprint density at radius 3 is 1.76 bits per heavy atom. The van der Waals surface area contributed by atoms with Crippen molar-refractivity contribution in [2.45, 2.75) is 45.4 Å². The van der Waals surface area contributed by atoms with Crippen LogP contribution >= 0.6 is 0 Å². The fraction of sp³-hybridized carbons (Fsp3) is 0.333. The molecule has 0 atom stereocenters. The van der Waals surface area contributed by atoms with Gasteiger partial charge in [0, 0.05) is 0 Å². The lowest BCUT2D eigenvalue weighted by Gasteiger charge is -2.11. The normalized spacial score (nSPS) is 12.3. The third kappa shape index (κ3) is 4.24. The molecule has 0 saturated carbocycles. The highest BCUT2D eigenvalue weighted by Crippen LogP contribution is 2.34. The maximum absolute atomic E-state index is 11.4. The maximum atomic E-state index is 11.4.